The average Bonchev–Trinajstić information content (AvgIpc) is 3.38. The second kappa shape index (κ2) is 13.4. The molecular weight excluding hydrogens is 654 g/mol. The van der Waals surface area contributed by atoms with Gasteiger partial charge in [0.2, 0.25) is 5.16 Å². The average molecular weight is 671 g/mol. The largest absolute Gasteiger partial charge is 0.513 e. The number of esters is 1. The van der Waals surface area contributed by atoms with Crippen molar-refractivity contribution in [3.05, 3.63) is 69.9 Å². The van der Waals surface area contributed by atoms with E-state index in [0.29, 0.717) is 11.8 Å². The van der Waals surface area contributed by atoms with Gasteiger partial charge in [-0.05, 0) is 34.3 Å². The van der Waals surface area contributed by atoms with Crippen molar-refractivity contribution in [1.82, 2.24) is 25.2 Å². The van der Waals surface area contributed by atoms with E-state index in [1.807, 2.05) is 0 Å². The Kier molecular flexibility index (Phi) is 10.3. The highest BCUT2D eigenvalue weighted by atomic mass is 32.2. The molecule has 0 aliphatic rings. The van der Waals surface area contributed by atoms with Gasteiger partial charge in [-0.1, -0.05) is 6.58 Å². The van der Waals surface area contributed by atoms with Crippen molar-refractivity contribution in [3.63, 3.8) is 0 Å². The third-order valence-corrected chi connectivity index (χ3v) is 6.54. The normalized spacial score (nSPS) is 12.1. The minimum Gasteiger partial charge on any atom is -0.513 e. The predicted molar refractivity (Wildman–Crippen MR) is 134 cm³/mol. The number of nitrogens with one attached hydrogen (secondary N) is 1. The number of nitrogens with zero attached hydrogens (tertiary/aromatic N) is 6. The third kappa shape index (κ3) is 7.99. The zero-order chi connectivity index (χ0) is 33.7. The minimum atomic E-state index is -6.70. The summed E-state index contributed by atoms with van der Waals surface area (Å²) in [5.74, 6) is -17.9. The van der Waals surface area contributed by atoms with Gasteiger partial charge in [-0.2, -0.15) is 30.7 Å². The molecular formula is C23H17F8N7O6S. The summed E-state index contributed by atoms with van der Waals surface area (Å²) in [7, 11) is 0. The number of carbonyl (C=O) groups excluding carboxylic acids is 2. The lowest BCUT2D eigenvalue weighted by Gasteiger charge is -2.28. The maximum atomic E-state index is 14.5. The Balaban J connectivity index is 1.83. The molecule has 0 atom stereocenters. The quantitative estimate of drug-likeness (QED) is 0.0803. The number of non-ortho nitro benzene ring substituents is 1. The summed E-state index contributed by atoms with van der Waals surface area (Å²) in [4.78, 5) is 38.0. The molecule has 0 saturated heterocycles. The van der Waals surface area contributed by atoms with E-state index in [2.05, 4.69) is 27.1 Å². The number of alkyl halides is 7. The molecule has 2 N–H and O–H groups in total. The van der Waals surface area contributed by atoms with Crippen LogP contribution in [0, 0.1) is 15.9 Å². The summed E-state index contributed by atoms with van der Waals surface area (Å²) < 4.78 is 113. The van der Waals surface area contributed by atoms with E-state index < -0.39 is 63.3 Å². The fourth-order valence-corrected chi connectivity index (χ4v) is 4.11. The number of aliphatic hydroxyl groups excluding tert-OH is 1. The third-order valence-electron chi connectivity index (χ3n) is 5.49. The second-order valence-corrected chi connectivity index (χ2v) is 9.68. The van der Waals surface area contributed by atoms with Gasteiger partial charge in [0.15, 0.2) is 11.6 Å². The Morgan fingerprint density at radius 2 is 1.82 bits per heavy atom. The highest BCUT2D eigenvalue weighted by Crippen LogP contribution is 2.51. The Morgan fingerprint density at radius 1 is 1.13 bits per heavy atom. The standard InChI is InChI=1S/C23H17F8N7O6S/c1-11(39)2-5-17(40)44-7-6-37-20(34-35-36-37)45-16-4-3-13(38(42)43)9-14(16)19(41)33-18-15(24)8-12(10-32-18)21(25,26)22(27,28)23(29,30)31/h3-4,8-10,39H,1-2,5-7H2,(H,32,33,41). The van der Waals surface area contributed by atoms with Gasteiger partial charge in [-0.25, -0.2) is 14.1 Å². The Bertz CT molecular complexity index is 1620. The number of aromatic nitrogens is 5. The van der Waals surface area contributed by atoms with Crippen molar-refractivity contribution in [3.8, 4) is 0 Å². The molecule has 2 aromatic heterocycles. The van der Waals surface area contributed by atoms with E-state index in [1.165, 1.54) is 0 Å². The first kappa shape index (κ1) is 34.6. The van der Waals surface area contributed by atoms with Crippen LogP contribution in [-0.4, -0.2) is 65.8 Å². The number of amides is 1. The molecule has 3 rings (SSSR count). The number of tetrazole rings is 1. The van der Waals surface area contributed by atoms with Gasteiger partial charge in [0.25, 0.3) is 11.6 Å². The van der Waals surface area contributed by atoms with Gasteiger partial charge < -0.3 is 15.2 Å². The maximum Gasteiger partial charge on any atom is 0.460 e. The molecule has 0 spiro atoms. The molecule has 0 unspecified atom stereocenters. The van der Waals surface area contributed by atoms with E-state index in [4.69, 9.17) is 9.84 Å². The SMILES string of the molecule is C=C(O)CCC(=O)OCCn1nnnc1Sc1ccc([N+](=O)[O-])cc1C(=O)Nc1ncc(C(F)(F)C(F)(F)C(F)(F)F)cc1F. The molecule has 45 heavy (non-hydrogen) atoms. The fraction of sp³-hybridized carbons (Fsp3) is 0.304. The van der Waals surface area contributed by atoms with Gasteiger partial charge in [0, 0.05) is 35.2 Å². The van der Waals surface area contributed by atoms with Gasteiger partial charge in [0.1, 0.15) is 6.61 Å². The first-order valence-electron chi connectivity index (χ1n) is 11.9. The summed E-state index contributed by atoms with van der Waals surface area (Å²) >= 11 is 0.650. The van der Waals surface area contributed by atoms with Crippen LogP contribution in [0.25, 0.3) is 0 Å². The molecule has 22 heteroatoms. The van der Waals surface area contributed by atoms with Crippen LogP contribution in [0.4, 0.5) is 46.6 Å². The number of allylic oxidation sites excluding steroid dienone is 1. The van der Waals surface area contributed by atoms with Crippen molar-refractivity contribution >= 4 is 35.1 Å². The lowest BCUT2D eigenvalue weighted by atomic mass is 10.0. The number of hydrogen-bond acceptors (Lipinski definition) is 11. The van der Waals surface area contributed by atoms with E-state index in [1.54, 1.807) is 5.32 Å². The molecule has 0 aliphatic carbocycles. The number of carbonyl (C=O) groups is 2. The Labute approximate surface area is 249 Å². The highest BCUT2D eigenvalue weighted by Gasteiger charge is 2.73. The van der Waals surface area contributed by atoms with Gasteiger partial charge in [-0.15, -0.1) is 5.10 Å². The van der Waals surface area contributed by atoms with Crippen LogP contribution in [0.2, 0.25) is 0 Å². The van der Waals surface area contributed by atoms with E-state index >= 15 is 0 Å². The highest BCUT2D eigenvalue weighted by molar-refractivity contribution is 7.99. The molecule has 1 amide bonds. The number of anilines is 1. The molecule has 1 aromatic carbocycles. The van der Waals surface area contributed by atoms with E-state index in [-0.39, 0.29) is 54.1 Å². The van der Waals surface area contributed by atoms with Crippen molar-refractivity contribution in [2.45, 2.75) is 47.5 Å². The lowest BCUT2D eigenvalue weighted by molar-refractivity contribution is -0.384. The van der Waals surface area contributed by atoms with Gasteiger partial charge in [-0.3, -0.25) is 19.7 Å². The van der Waals surface area contributed by atoms with Crippen LogP contribution in [0.3, 0.4) is 0 Å². The maximum absolute atomic E-state index is 14.5. The van der Waals surface area contributed by atoms with Crippen LogP contribution >= 0.6 is 11.8 Å². The van der Waals surface area contributed by atoms with E-state index in [9.17, 15) is 54.8 Å². The molecule has 0 saturated carbocycles. The first-order chi connectivity index (χ1) is 20.8. The summed E-state index contributed by atoms with van der Waals surface area (Å²) in [6.45, 7) is 2.88. The molecule has 0 bridgehead atoms. The molecule has 242 valence electrons. The van der Waals surface area contributed by atoms with Crippen LogP contribution in [0.5, 0.6) is 0 Å². The van der Waals surface area contributed by atoms with Crippen molar-refractivity contribution in [2.24, 2.45) is 0 Å². The minimum absolute atomic E-state index is 0.0279. The molecule has 0 fully saturated rings. The molecule has 2 heterocycles. The number of nitro benzene ring substituents is 1. The molecule has 0 aliphatic heterocycles. The fourth-order valence-electron chi connectivity index (χ4n) is 3.21. The van der Waals surface area contributed by atoms with Crippen LogP contribution in [0.15, 0.2) is 52.9 Å². The van der Waals surface area contributed by atoms with Crippen molar-refractivity contribution in [2.75, 3.05) is 11.9 Å². The molecule has 3 aromatic rings. The van der Waals surface area contributed by atoms with Gasteiger partial charge in [0.05, 0.1) is 29.2 Å². The van der Waals surface area contributed by atoms with Gasteiger partial charge >= 0.3 is 24.0 Å². The van der Waals surface area contributed by atoms with Crippen LogP contribution < -0.4 is 5.32 Å². The van der Waals surface area contributed by atoms with Crippen molar-refractivity contribution in [1.29, 1.82) is 0 Å². The molecule has 13 nitrogen and oxygen atoms in total. The number of hydrogen-bond donors (Lipinski definition) is 2. The lowest BCUT2D eigenvalue weighted by Crippen LogP contribution is -2.50. The Morgan fingerprint density at radius 3 is 2.42 bits per heavy atom. The first-order valence-corrected chi connectivity index (χ1v) is 12.7. The monoisotopic (exact) mass is 671 g/mol. The number of rotatable bonds is 13. The number of aliphatic hydroxyl groups is 1. The van der Waals surface area contributed by atoms with Crippen LogP contribution in [-0.2, 0) is 22.0 Å². The summed E-state index contributed by atoms with van der Waals surface area (Å²) in [6.07, 6.45) is -7.09. The zero-order valence-electron chi connectivity index (χ0n) is 22.0. The second-order valence-electron chi connectivity index (χ2n) is 8.67. The van der Waals surface area contributed by atoms with E-state index in [0.717, 1.165) is 22.9 Å². The zero-order valence-corrected chi connectivity index (χ0v) is 22.8. The molecule has 0 radical (unpaired) electrons. The number of nitro groups is 1. The number of benzene rings is 1. The summed E-state index contributed by atoms with van der Waals surface area (Å²) in [5, 5.41) is 32.9. The van der Waals surface area contributed by atoms with Crippen LogP contribution in [0.1, 0.15) is 28.8 Å². The summed E-state index contributed by atoms with van der Waals surface area (Å²) in [6, 6.07) is 2.39. The van der Waals surface area contributed by atoms with Crippen molar-refractivity contribution < 1.29 is 59.5 Å². The summed E-state index contributed by atoms with van der Waals surface area (Å²) in [5.41, 5.74) is -3.33. The number of ether oxygens (including phenoxy) is 1. The number of halogens is 8. The topological polar surface area (TPSA) is 175 Å². The smallest absolute Gasteiger partial charge is 0.460 e. The number of pyridine rings is 1. The Hall–Kier alpha value is -4.89. The predicted octanol–water partition coefficient (Wildman–Crippen LogP) is 5.20.